The van der Waals surface area contributed by atoms with Crippen LogP contribution in [0.2, 0.25) is 0 Å². The number of ether oxygens (including phenoxy) is 2. The predicted octanol–water partition coefficient (Wildman–Crippen LogP) is 3.67. The van der Waals surface area contributed by atoms with E-state index >= 15 is 0 Å². The number of methoxy groups -OCH3 is 1. The number of carbonyl (C=O) groups is 1. The monoisotopic (exact) mass is 484 g/mol. The largest absolute Gasteiger partial charge is 0.416 e. The molecule has 1 unspecified atom stereocenters. The standard InChI is InChI=1S/C25H35F3N2O4/c1-15(2)24(8-6-18(11-24)29-20-7-9-34-14-22(20)33-3)23(32)30-12-16-10-17(25(26,27)28)4-5-19(16)21(31)13-30/h4-5,10,15,18,20-22,29,31H,6-9,11-14H2,1-3H3/t18-,20?,21+,22+,24+/m1/s1. The lowest BCUT2D eigenvalue weighted by atomic mass is 9.73. The van der Waals surface area contributed by atoms with Gasteiger partial charge in [-0.05, 0) is 54.9 Å². The van der Waals surface area contributed by atoms with Crippen LogP contribution in [0.15, 0.2) is 18.2 Å². The van der Waals surface area contributed by atoms with E-state index in [0.717, 1.165) is 25.0 Å². The highest BCUT2D eigenvalue weighted by molar-refractivity contribution is 5.84. The maximum absolute atomic E-state index is 13.9. The van der Waals surface area contributed by atoms with Gasteiger partial charge < -0.3 is 24.8 Å². The van der Waals surface area contributed by atoms with Crippen molar-refractivity contribution in [3.05, 3.63) is 34.9 Å². The molecule has 1 saturated heterocycles. The number of rotatable bonds is 5. The summed E-state index contributed by atoms with van der Waals surface area (Å²) in [6.45, 7) is 5.44. The van der Waals surface area contributed by atoms with Gasteiger partial charge in [-0.25, -0.2) is 0 Å². The van der Waals surface area contributed by atoms with Gasteiger partial charge in [0.05, 0.1) is 36.3 Å². The van der Waals surface area contributed by atoms with Crippen LogP contribution in [0.25, 0.3) is 0 Å². The van der Waals surface area contributed by atoms with Gasteiger partial charge in [0, 0.05) is 32.3 Å². The SMILES string of the molecule is CO[C@H]1COCCC1N[C@@H]1CC[C@@](C(=O)N2Cc3cc(C(F)(F)F)ccc3[C@@H](O)C2)(C(C)C)C1. The minimum Gasteiger partial charge on any atom is -0.387 e. The first-order valence-corrected chi connectivity index (χ1v) is 12.1. The molecule has 3 aliphatic rings. The lowest BCUT2D eigenvalue weighted by Gasteiger charge is -2.41. The highest BCUT2D eigenvalue weighted by atomic mass is 19.4. The van der Waals surface area contributed by atoms with Crippen LogP contribution in [0.5, 0.6) is 0 Å². The van der Waals surface area contributed by atoms with E-state index in [4.69, 9.17) is 9.47 Å². The summed E-state index contributed by atoms with van der Waals surface area (Å²) in [5.41, 5.74) is -0.560. The van der Waals surface area contributed by atoms with Crippen LogP contribution in [0, 0.1) is 11.3 Å². The molecular weight excluding hydrogens is 449 g/mol. The molecule has 1 aromatic carbocycles. The van der Waals surface area contributed by atoms with E-state index in [-0.39, 0.29) is 43.1 Å². The van der Waals surface area contributed by atoms with E-state index < -0.39 is 23.3 Å². The average Bonchev–Trinajstić information content (AvgIpc) is 3.23. The summed E-state index contributed by atoms with van der Waals surface area (Å²) in [6, 6.07) is 3.69. The van der Waals surface area contributed by atoms with Crippen molar-refractivity contribution in [2.24, 2.45) is 11.3 Å². The van der Waals surface area contributed by atoms with Gasteiger partial charge >= 0.3 is 6.18 Å². The van der Waals surface area contributed by atoms with Crippen LogP contribution in [0.4, 0.5) is 13.2 Å². The highest BCUT2D eigenvalue weighted by Crippen LogP contribution is 2.47. The van der Waals surface area contributed by atoms with Crippen molar-refractivity contribution < 1.29 is 32.5 Å². The first-order chi connectivity index (χ1) is 16.0. The van der Waals surface area contributed by atoms with E-state index in [1.807, 2.05) is 13.8 Å². The van der Waals surface area contributed by atoms with Crippen molar-refractivity contribution in [3.63, 3.8) is 0 Å². The van der Waals surface area contributed by atoms with Gasteiger partial charge in [-0.3, -0.25) is 4.79 Å². The molecule has 2 heterocycles. The topological polar surface area (TPSA) is 71.0 Å². The Bertz CT molecular complexity index is 893. The van der Waals surface area contributed by atoms with Crippen molar-refractivity contribution in [2.75, 3.05) is 26.9 Å². The van der Waals surface area contributed by atoms with E-state index in [1.54, 1.807) is 12.0 Å². The molecule has 1 amide bonds. The Morgan fingerprint density at radius 1 is 1.32 bits per heavy atom. The number of aliphatic hydroxyl groups excluding tert-OH is 1. The smallest absolute Gasteiger partial charge is 0.387 e. The Hall–Kier alpha value is -1.68. The molecule has 2 aliphatic heterocycles. The number of alkyl halides is 3. The summed E-state index contributed by atoms with van der Waals surface area (Å²) in [4.78, 5) is 15.4. The number of benzene rings is 1. The van der Waals surface area contributed by atoms with E-state index in [2.05, 4.69) is 5.32 Å². The minimum atomic E-state index is -4.47. The summed E-state index contributed by atoms with van der Waals surface area (Å²) in [7, 11) is 1.67. The van der Waals surface area contributed by atoms with Gasteiger partial charge in [0.2, 0.25) is 5.91 Å². The van der Waals surface area contributed by atoms with Crippen LogP contribution in [-0.2, 0) is 27.0 Å². The maximum atomic E-state index is 13.9. The summed E-state index contributed by atoms with van der Waals surface area (Å²) in [6.07, 6.45) is -2.48. The second-order valence-corrected chi connectivity index (χ2v) is 10.3. The molecular formula is C25H35F3N2O4. The molecule has 4 rings (SSSR count). The first-order valence-electron chi connectivity index (χ1n) is 12.1. The number of carbonyl (C=O) groups excluding carboxylic acids is 1. The number of aliphatic hydroxyl groups is 1. The van der Waals surface area contributed by atoms with Crippen LogP contribution in [0.1, 0.15) is 62.3 Å². The maximum Gasteiger partial charge on any atom is 0.416 e. The molecule has 9 heteroatoms. The zero-order chi connectivity index (χ0) is 24.7. The second kappa shape index (κ2) is 9.76. The summed E-state index contributed by atoms with van der Waals surface area (Å²) in [5, 5.41) is 14.3. The van der Waals surface area contributed by atoms with Crippen molar-refractivity contribution in [1.29, 1.82) is 0 Å². The number of nitrogens with one attached hydrogen (secondary N) is 1. The van der Waals surface area contributed by atoms with Gasteiger partial charge in [0.1, 0.15) is 0 Å². The molecule has 5 atom stereocenters. The fraction of sp³-hybridized carbons (Fsp3) is 0.720. The third-order valence-corrected chi connectivity index (χ3v) is 8.01. The number of β-amino-alcohol motifs (C(OH)–C–C–N with tert-alkyl or cyclic N) is 1. The average molecular weight is 485 g/mol. The Kier molecular flexibility index (Phi) is 7.29. The molecule has 0 radical (unpaired) electrons. The summed E-state index contributed by atoms with van der Waals surface area (Å²) in [5.74, 6) is -0.0241. The number of nitrogens with zero attached hydrogens (tertiary/aromatic N) is 1. The molecule has 2 fully saturated rings. The van der Waals surface area contributed by atoms with Crippen LogP contribution < -0.4 is 5.32 Å². The van der Waals surface area contributed by atoms with E-state index in [1.165, 1.54) is 6.07 Å². The summed E-state index contributed by atoms with van der Waals surface area (Å²) < 4.78 is 50.8. The molecule has 1 saturated carbocycles. The Morgan fingerprint density at radius 2 is 2.09 bits per heavy atom. The number of halogens is 3. The third kappa shape index (κ3) is 4.85. The molecule has 0 spiro atoms. The van der Waals surface area contributed by atoms with Crippen LogP contribution in [-0.4, -0.2) is 61.0 Å². The normalized spacial score (nSPS) is 32.2. The molecule has 190 valence electrons. The molecule has 1 aliphatic carbocycles. The van der Waals surface area contributed by atoms with Gasteiger partial charge in [0.15, 0.2) is 0 Å². The fourth-order valence-electron chi connectivity index (χ4n) is 5.91. The van der Waals surface area contributed by atoms with E-state index in [0.29, 0.717) is 37.2 Å². The minimum absolute atomic E-state index is 0.0323. The van der Waals surface area contributed by atoms with Crippen molar-refractivity contribution in [2.45, 2.75) is 76.5 Å². The molecule has 1 aromatic rings. The second-order valence-electron chi connectivity index (χ2n) is 10.3. The lowest BCUT2D eigenvalue weighted by Crippen LogP contribution is -2.52. The molecule has 6 nitrogen and oxygen atoms in total. The Morgan fingerprint density at radius 3 is 2.76 bits per heavy atom. The molecule has 0 bridgehead atoms. The first kappa shape index (κ1) is 25.4. The number of fused-ring (bicyclic) bond motifs is 1. The van der Waals surface area contributed by atoms with Gasteiger partial charge in [-0.1, -0.05) is 19.9 Å². The third-order valence-electron chi connectivity index (χ3n) is 8.01. The van der Waals surface area contributed by atoms with Crippen molar-refractivity contribution in [3.8, 4) is 0 Å². The lowest BCUT2D eigenvalue weighted by molar-refractivity contribution is -0.148. The van der Waals surface area contributed by atoms with Gasteiger partial charge in [-0.15, -0.1) is 0 Å². The zero-order valence-electron chi connectivity index (χ0n) is 20.0. The van der Waals surface area contributed by atoms with Gasteiger partial charge in [-0.2, -0.15) is 13.2 Å². The molecule has 2 N–H and O–H groups in total. The Labute approximate surface area is 198 Å². The molecule has 34 heavy (non-hydrogen) atoms. The number of amides is 1. The fourth-order valence-corrected chi connectivity index (χ4v) is 5.91. The Balaban J connectivity index is 1.51. The predicted molar refractivity (Wildman–Crippen MR) is 120 cm³/mol. The van der Waals surface area contributed by atoms with Crippen molar-refractivity contribution in [1.82, 2.24) is 10.2 Å². The summed E-state index contributed by atoms with van der Waals surface area (Å²) >= 11 is 0. The van der Waals surface area contributed by atoms with Crippen LogP contribution in [0.3, 0.4) is 0 Å². The number of hydrogen-bond acceptors (Lipinski definition) is 5. The van der Waals surface area contributed by atoms with E-state index in [9.17, 15) is 23.1 Å². The number of hydrogen-bond donors (Lipinski definition) is 2. The van der Waals surface area contributed by atoms with Gasteiger partial charge in [0.25, 0.3) is 0 Å². The highest BCUT2D eigenvalue weighted by Gasteiger charge is 2.50. The zero-order valence-corrected chi connectivity index (χ0v) is 20.0. The van der Waals surface area contributed by atoms with Crippen molar-refractivity contribution >= 4 is 5.91 Å². The van der Waals surface area contributed by atoms with Crippen LogP contribution >= 0.6 is 0 Å². The molecule has 0 aromatic heterocycles. The quantitative estimate of drug-likeness (QED) is 0.668.